The minimum Gasteiger partial charge on any atom is -0.493 e. The molecule has 0 amide bonds. The Labute approximate surface area is 129 Å². The first-order valence-corrected chi connectivity index (χ1v) is 7.89. The Kier molecular flexibility index (Phi) is 8.60. The van der Waals surface area contributed by atoms with Gasteiger partial charge >= 0.3 is 0 Å². The van der Waals surface area contributed by atoms with E-state index in [9.17, 15) is 0 Å². The van der Waals surface area contributed by atoms with E-state index in [2.05, 4.69) is 19.2 Å². The maximum absolute atomic E-state index is 5.96. The van der Waals surface area contributed by atoms with Crippen LogP contribution in [0.2, 0.25) is 0 Å². The number of methoxy groups -OCH3 is 1. The van der Waals surface area contributed by atoms with E-state index < -0.39 is 0 Å². The molecule has 0 aromatic heterocycles. The van der Waals surface area contributed by atoms with Gasteiger partial charge in [-0.25, -0.2) is 0 Å². The normalized spacial score (nSPS) is 12.6. The van der Waals surface area contributed by atoms with E-state index in [1.165, 1.54) is 19.3 Å². The summed E-state index contributed by atoms with van der Waals surface area (Å²) in [6.07, 6.45) is 7.94. The van der Waals surface area contributed by atoms with Gasteiger partial charge < -0.3 is 14.8 Å². The molecule has 0 heterocycles. The second kappa shape index (κ2) is 10.3. The predicted octanol–water partition coefficient (Wildman–Crippen LogP) is 4.28. The van der Waals surface area contributed by atoms with Crippen LogP contribution in [-0.4, -0.2) is 26.3 Å². The molecule has 0 bridgehead atoms. The zero-order chi connectivity index (χ0) is 15.5. The number of benzene rings is 1. The monoisotopic (exact) mass is 291 g/mol. The molecule has 1 N–H and O–H groups in total. The molecule has 0 aliphatic carbocycles. The molecule has 0 saturated heterocycles. The number of unbranched alkanes of at least 4 members (excludes halogenated alkanes) is 2. The van der Waals surface area contributed by atoms with Gasteiger partial charge in [-0.3, -0.25) is 0 Å². The quantitative estimate of drug-likeness (QED) is 0.653. The third-order valence-electron chi connectivity index (χ3n) is 3.26. The van der Waals surface area contributed by atoms with E-state index in [1.807, 2.05) is 37.3 Å². The average molecular weight is 291 g/mol. The fourth-order valence-corrected chi connectivity index (χ4v) is 2.14. The molecular formula is C18H29NO2. The molecular weight excluding hydrogens is 262 g/mol. The molecule has 0 aliphatic rings. The van der Waals surface area contributed by atoms with Crippen LogP contribution in [0.15, 0.2) is 24.3 Å². The molecule has 3 heteroatoms. The van der Waals surface area contributed by atoms with E-state index in [1.54, 1.807) is 7.11 Å². The van der Waals surface area contributed by atoms with Gasteiger partial charge in [0.25, 0.3) is 0 Å². The molecule has 21 heavy (non-hydrogen) atoms. The number of nitrogens with one attached hydrogen (secondary N) is 1. The Morgan fingerprint density at radius 1 is 1.24 bits per heavy atom. The van der Waals surface area contributed by atoms with Crippen molar-refractivity contribution in [1.82, 2.24) is 5.32 Å². The summed E-state index contributed by atoms with van der Waals surface area (Å²) in [6.45, 7) is 8.20. The van der Waals surface area contributed by atoms with Gasteiger partial charge in [0, 0.05) is 6.54 Å². The molecule has 0 fully saturated rings. The van der Waals surface area contributed by atoms with E-state index in [4.69, 9.17) is 9.47 Å². The smallest absolute Gasteiger partial charge is 0.161 e. The molecule has 1 aromatic rings. The van der Waals surface area contributed by atoms with E-state index in [-0.39, 0.29) is 6.10 Å². The summed E-state index contributed by atoms with van der Waals surface area (Å²) in [5.41, 5.74) is 1.12. The molecule has 0 radical (unpaired) electrons. The molecule has 0 spiro atoms. The lowest BCUT2D eigenvalue weighted by Crippen LogP contribution is -2.29. The first kappa shape index (κ1) is 17.6. The summed E-state index contributed by atoms with van der Waals surface area (Å²) >= 11 is 0. The van der Waals surface area contributed by atoms with Crippen molar-refractivity contribution in [2.45, 2.75) is 46.1 Å². The minimum atomic E-state index is 0.119. The number of hydrogen-bond acceptors (Lipinski definition) is 3. The van der Waals surface area contributed by atoms with Crippen LogP contribution in [0.25, 0.3) is 6.08 Å². The van der Waals surface area contributed by atoms with Gasteiger partial charge in [-0.05, 0) is 44.5 Å². The van der Waals surface area contributed by atoms with Gasteiger partial charge in [-0.1, -0.05) is 38.0 Å². The van der Waals surface area contributed by atoms with E-state index in [0.29, 0.717) is 0 Å². The lowest BCUT2D eigenvalue weighted by atomic mass is 10.2. The minimum absolute atomic E-state index is 0.119. The maximum Gasteiger partial charge on any atom is 0.161 e. The molecule has 1 unspecified atom stereocenters. The fourth-order valence-electron chi connectivity index (χ4n) is 2.14. The summed E-state index contributed by atoms with van der Waals surface area (Å²) < 4.78 is 11.4. The van der Waals surface area contributed by atoms with Crippen molar-refractivity contribution in [3.8, 4) is 11.5 Å². The first-order valence-electron chi connectivity index (χ1n) is 7.89. The summed E-state index contributed by atoms with van der Waals surface area (Å²) in [6, 6.07) is 6.01. The highest BCUT2D eigenvalue weighted by Crippen LogP contribution is 2.29. The van der Waals surface area contributed by atoms with Crippen molar-refractivity contribution in [2.75, 3.05) is 20.2 Å². The van der Waals surface area contributed by atoms with Gasteiger partial charge in [-0.2, -0.15) is 0 Å². The molecule has 0 saturated carbocycles. The van der Waals surface area contributed by atoms with Crippen LogP contribution < -0.4 is 14.8 Å². The van der Waals surface area contributed by atoms with Crippen molar-refractivity contribution >= 4 is 6.08 Å². The second-order valence-corrected chi connectivity index (χ2v) is 5.25. The third-order valence-corrected chi connectivity index (χ3v) is 3.26. The number of hydrogen-bond donors (Lipinski definition) is 1. The topological polar surface area (TPSA) is 30.5 Å². The van der Waals surface area contributed by atoms with Crippen LogP contribution in [0.5, 0.6) is 11.5 Å². The van der Waals surface area contributed by atoms with Crippen LogP contribution in [-0.2, 0) is 0 Å². The maximum atomic E-state index is 5.96. The molecule has 1 atom stereocenters. The van der Waals surface area contributed by atoms with Crippen LogP contribution in [0.1, 0.15) is 45.6 Å². The van der Waals surface area contributed by atoms with Gasteiger partial charge in [0.05, 0.1) is 7.11 Å². The standard InChI is InChI=1S/C18H29NO2/c1-5-7-8-12-19-14-15(3)21-17-11-10-16(9-6-2)13-18(17)20-4/h6,9-11,13,15,19H,5,7-8,12,14H2,1-4H3. The fraction of sp³-hybridized carbons (Fsp3) is 0.556. The number of ether oxygens (including phenoxy) is 2. The lowest BCUT2D eigenvalue weighted by Gasteiger charge is -2.18. The summed E-state index contributed by atoms with van der Waals surface area (Å²) in [4.78, 5) is 0. The van der Waals surface area contributed by atoms with Crippen LogP contribution >= 0.6 is 0 Å². The second-order valence-electron chi connectivity index (χ2n) is 5.25. The van der Waals surface area contributed by atoms with Crippen molar-refractivity contribution in [3.05, 3.63) is 29.8 Å². The zero-order valence-electron chi connectivity index (χ0n) is 13.8. The zero-order valence-corrected chi connectivity index (χ0v) is 13.8. The van der Waals surface area contributed by atoms with E-state index >= 15 is 0 Å². The van der Waals surface area contributed by atoms with Crippen LogP contribution in [0.3, 0.4) is 0 Å². The Balaban J connectivity index is 2.49. The molecule has 3 nitrogen and oxygen atoms in total. The molecule has 0 aliphatic heterocycles. The summed E-state index contributed by atoms with van der Waals surface area (Å²) in [7, 11) is 1.68. The highest BCUT2D eigenvalue weighted by atomic mass is 16.5. The summed E-state index contributed by atoms with van der Waals surface area (Å²) in [5, 5.41) is 3.43. The number of allylic oxidation sites excluding steroid dienone is 1. The van der Waals surface area contributed by atoms with Crippen molar-refractivity contribution in [3.63, 3.8) is 0 Å². The Morgan fingerprint density at radius 2 is 2.05 bits per heavy atom. The molecule has 1 rings (SSSR count). The lowest BCUT2D eigenvalue weighted by molar-refractivity contribution is 0.207. The summed E-state index contributed by atoms with van der Waals surface area (Å²) in [5.74, 6) is 1.58. The van der Waals surface area contributed by atoms with Gasteiger partial charge in [0.15, 0.2) is 11.5 Å². The van der Waals surface area contributed by atoms with Gasteiger partial charge in [-0.15, -0.1) is 0 Å². The Hall–Kier alpha value is -1.48. The number of rotatable bonds is 10. The predicted molar refractivity (Wildman–Crippen MR) is 90.2 cm³/mol. The highest BCUT2D eigenvalue weighted by Gasteiger charge is 2.09. The first-order chi connectivity index (χ1) is 10.2. The van der Waals surface area contributed by atoms with Crippen molar-refractivity contribution in [2.24, 2.45) is 0 Å². The Morgan fingerprint density at radius 3 is 2.71 bits per heavy atom. The third kappa shape index (κ3) is 6.67. The van der Waals surface area contributed by atoms with Crippen molar-refractivity contribution in [1.29, 1.82) is 0 Å². The van der Waals surface area contributed by atoms with Gasteiger partial charge in [0.1, 0.15) is 6.10 Å². The highest BCUT2D eigenvalue weighted by molar-refractivity contribution is 5.55. The SMILES string of the molecule is CC=Cc1ccc(OC(C)CNCCCCC)c(OC)c1. The van der Waals surface area contributed by atoms with Crippen LogP contribution in [0.4, 0.5) is 0 Å². The van der Waals surface area contributed by atoms with Crippen molar-refractivity contribution < 1.29 is 9.47 Å². The average Bonchev–Trinajstić information content (AvgIpc) is 2.49. The van der Waals surface area contributed by atoms with Crippen LogP contribution in [0, 0.1) is 0 Å². The van der Waals surface area contributed by atoms with E-state index in [0.717, 1.165) is 30.2 Å². The largest absolute Gasteiger partial charge is 0.493 e. The molecule has 118 valence electrons. The molecule has 1 aromatic carbocycles. The van der Waals surface area contributed by atoms with Gasteiger partial charge in [0.2, 0.25) is 0 Å². The Bertz CT molecular complexity index is 429.